The number of hydrogen-bond donors (Lipinski definition) is 2. The van der Waals surface area contributed by atoms with Gasteiger partial charge >= 0.3 is 0 Å². The Morgan fingerprint density at radius 3 is 2.74 bits per heavy atom. The molecule has 0 bridgehead atoms. The lowest BCUT2D eigenvalue weighted by Gasteiger charge is -2.23. The zero-order valence-electron chi connectivity index (χ0n) is 15.7. The molecule has 1 saturated carbocycles. The highest BCUT2D eigenvalue weighted by Gasteiger charge is 2.57. The van der Waals surface area contributed by atoms with E-state index in [0.29, 0.717) is 23.1 Å². The van der Waals surface area contributed by atoms with E-state index >= 15 is 0 Å². The van der Waals surface area contributed by atoms with Gasteiger partial charge in [-0.3, -0.25) is 4.79 Å². The quantitative estimate of drug-likeness (QED) is 0.846. The van der Waals surface area contributed by atoms with Gasteiger partial charge < -0.3 is 20.1 Å². The molecule has 1 saturated heterocycles. The molecule has 27 heavy (non-hydrogen) atoms. The highest BCUT2D eigenvalue weighted by atomic mass is 16.5. The summed E-state index contributed by atoms with van der Waals surface area (Å²) in [5, 5.41) is 6.36. The summed E-state index contributed by atoms with van der Waals surface area (Å²) in [7, 11) is 1.61. The fourth-order valence-corrected chi connectivity index (χ4v) is 3.91. The van der Waals surface area contributed by atoms with E-state index < -0.39 is 0 Å². The zero-order valence-corrected chi connectivity index (χ0v) is 15.7. The number of aromatic nitrogens is 1. The van der Waals surface area contributed by atoms with Gasteiger partial charge in [0.15, 0.2) is 11.5 Å². The first-order chi connectivity index (χ1) is 13.1. The maximum absolute atomic E-state index is 12.5. The number of nitrogens with zero attached hydrogens (tertiary/aromatic N) is 1. The first-order valence-corrected chi connectivity index (χ1v) is 9.40. The lowest BCUT2D eigenvalue weighted by Crippen LogP contribution is -2.31. The molecule has 1 aromatic carbocycles. The van der Waals surface area contributed by atoms with Gasteiger partial charge in [0.25, 0.3) is 0 Å². The Balaban J connectivity index is 1.37. The van der Waals surface area contributed by atoms with E-state index in [1.165, 1.54) is 0 Å². The van der Waals surface area contributed by atoms with Crippen molar-refractivity contribution >= 4 is 11.6 Å². The van der Waals surface area contributed by atoms with Crippen molar-refractivity contribution in [1.29, 1.82) is 0 Å². The Bertz CT molecular complexity index is 829. The molecule has 142 valence electrons. The summed E-state index contributed by atoms with van der Waals surface area (Å²) >= 11 is 0. The van der Waals surface area contributed by atoms with Crippen LogP contribution in [0.25, 0.3) is 0 Å². The molecule has 2 aromatic rings. The van der Waals surface area contributed by atoms with Gasteiger partial charge in [-0.25, -0.2) is 4.98 Å². The molecule has 2 heterocycles. The Morgan fingerprint density at radius 1 is 1.22 bits per heavy atom. The van der Waals surface area contributed by atoms with E-state index in [0.717, 1.165) is 37.9 Å². The smallest absolute Gasteiger partial charge is 0.228 e. The van der Waals surface area contributed by atoms with E-state index in [9.17, 15) is 4.79 Å². The number of benzene rings is 1. The fraction of sp³-hybridized carbons (Fsp3) is 0.429. The molecule has 1 amide bonds. The van der Waals surface area contributed by atoms with E-state index in [1.54, 1.807) is 19.4 Å². The Kier molecular flexibility index (Phi) is 4.74. The van der Waals surface area contributed by atoms with Crippen molar-refractivity contribution in [3.63, 3.8) is 0 Å². The van der Waals surface area contributed by atoms with Gasteiger partial charge in [-0.15, -0.1) is 0 Å². The summed E-state index contributed by atoms with van der Waals surface area (Å²) in [5.41, 5.74) is 2.02. The molecular weight excluding hydrogens is 342 g/mol. The minimum Gasteiger partial charge on any atom is -0.493 e. The molecule has 2 aliphatic rings. The molecular formula is C21H25N3O3. The molecule has 1 aromatic heterocycles. The number of hydrogen-bond acceptors (Lipinski definition) is 5. The van der Waals surface area contributed by atoms with Gasteiger partial charge in [-0.1, -0.05) is 6.07 Å². The van der Waals surface area contributed by atoms with Crippen molar-refractivity contribution in [1.82, 2.24) is 10.3 Å². The summed E-state index contributed by atoms with van der Waals surface area (Å²) in [6.45, 7) is 4.02. The second-order valence-corrected chi connectivity index (χ2v) is 7.50. The highest BCUT2D eigenvalue weighted by molar-refractivity contribution is 5.95. The number of carbonyl (C=O) groups is 1. The second-order valence-electron chi connectivity index (χ2n) is 7.50. The predicted octanol–water partition coefficient (Wildman–Crippen LogP) is 3.52. The standard InChI is InChI=1S/C21H25N3O3/c1-14-3-5-17(18(11-14)26-2)27-19-6-4-15(13-23-19)24-20(25)16-12-21(16)7-9-22-10-8-21/h3-6,11,13,16,22H,7-10,12H2,1-2H3,(H,24,25). The van der Waals surface area contributed by atoms with Crippen LogP contribution in [0.1, 0.15) is 24.8 Å². The van der Waals surface area contributed by atoms with E-state index in [-0.39, 0.29) is 17.2 Å². The number of carbonyl (C=O) groups excluding carboxylic acids is 1. The highest BCUT2D eigenvalue weighted by Crippen LogP contribution is 2.58. The summed E-state index contributed by atoms with van der Waals surface area (Å²) in [4.78, 5) is 16.8. The number of nitrogens with one attached hydrogen (secondary N) is 2. The second kappa shape index (κ2) is 7.19. The molecule has 1 aliphatic heterocycles. The molecule has 2 fully saturated rings. The van der Waals surface area contributed by atoms with E-state index in [1.807, 2.05) is 31.2 Å². The minimum absolute atomic E-state index is 0.104. The van der Waals surface area contributed by atoms with Crippen LogP contribution in [0.3, 0.4) is 0 Å². The Labute approximate surface area is 159 Å². The normalized spacial score (nSPS) is 20.1. The van der Waals surface area contributed by atoms with E-state index in [4.69, 9.17) is 9.47 Å². The minimum atomic E-state index is 0.104. The van der Waals surface area contributed by atoms with Crippen LogP contribution in [0.5, 0.6) is 17.4 Å². The molecule has 6 nitrogen and oxygen atoms in total. The van der Waals surface area contributed by atoms with Crippen LogP contribution in [0.4, 0.5) is 5.69 Å². The van der Waals surface area contributed by atoms with Gasteiger partial charge in [0.05, 0.1) is 19.0 Å². The molecule has 4 rings (SSSR count). The molecule has 2 N–H and O–H groups in total. The summed E-state index contributed by atoms with van der Waals surface area (Å²) in [5.74, 6) is 1.96. The summed E-state index contributed by atoms with van der Waals surface area (Å²) in [6.07, 6.45) is 4.82. The van der Waals surface area contributed by atoms with Crippen LogP contribution in [0, 0.1) is 18.3 Å². The molecule has 1 aliphatic carbocycles. The predicted molar refractivity (Wildman–Crippen MR) is 103 cm³/mol. The molecule has 1 unspecified atom stereocenters. The number of rotatable bonds is 5. The van der Waals surface area contributed by atoms with Gasteiger partial charge in [0.2, 0.25) is 11.8 Å². The Morgan fingerprint density at radius 2 is 2.04 bits per heavy atom. The maximum atomic E-state index is 12.5. The molecule has 0 radical (unpaired) electrons. The maximum Gasteiger partial charge on any atom is 0.228 e. The SMILES string of the molecule is COc1cc(C)ccc1Oc1ccc(NC(=O)C2CC23CCNCC3)cn1. The van der Waals surface area contributed by atoms with Crippen molar-refractivity contribution in [3.8, 4) is 17.4 Å². The van der Waals surface area contributed by atoms with Crippen LogP contribution in [0.2, 0.25) is 0 Å². The van der Waals surface area contributed by atoms with Crippen LogP contribution in [-0.4, -0.2) is 31.1 Å². The fourth-order valence-electron chi connectivity index (χ4n) is 3.91. The average molecular weight is 367 g/mol. The number of amides is 1. The number of ether oxygens (including phenoxy) is 2. The third kappa shape index (κ3) is 3.76. The van der Waals surface area contributed by atoms with Crippen molar-refractivity contribution < 1.29 is 14.3 Å². The van der Waals surface area contributed by atoms with Crippen molar-refractivity contribution in [2.24, 2.45) is 11.3 Å². The number of pyridine rings is 1. The molecule has 1 spiro atoms. The lowest BCUT2D eigenvalue weighted by molar-refractivity contribution is -0.118. The van der Waals surface area contributed by atoms with Crippen LogP contribution < -0.4 is 20.1 Å². The van der Waals surface area contributed by atoms with Crippen LogP contribution >= 0.6 is 0 Å². The largest absolute Gasteiger partial charge is 0.493 e. The van der Waals surface area contributed by atoms with Crippen LogP contribution in [0.15, 0.2) is 36.5 Å². The van der Waals surface area contributed by atoms with Gasteiger partial charge in [0.1, 0.15) is 0 Å². The monoisotopic (exact) mass is 367 g/mol. The van der Waals surface area contributed by atoms with Crippen molar-refractivity contribution in [2.45, 2.75) is 26.2 Å². The zero-order chi connectivity index (χ0) is 18.9. The van der Waals surface area contributed by atoms with E-state index in [2.05, 4.69) is 15.6 Å². The number of anilines is 1. The lowest BCUT2D eigenvalue weighted by atomic mass is 9.92. The van der Waals surface area contributed by atoms with Crippen molar-refractivity contribution in [3.05, 3.63) is 42.1 Å². The van der Waals surface area contributed by atoms with Gasteiger partial charge in [-0.2, -0.15) is 0 Å². The first-order valence-electron chi connectivity index (χ1n) is 9.40. The third-order valence-corrected chi connectivity index (χ3v) is 5.64. The first kappa shape index (κ1) is 17.8. The van der Waals surface area contributed by atoms with Crippen molar-refractivity contribution in [2.75, 3.05) is 25.5 Å². The number of piperidine rings is 1. The Hall–Kier alpha value is -2.60. The third-order valence-electron chi connectivity index (χ3n) is 5.64. The molecule has 6 heteroatoms. The van der Waals surface area contributed by atoms with Gasteiger partial charge in [-0.05, 0) is 68.5 Å². The summed E-state index contributed by atoms with van der Waals surface area (Å²) in [6, 6.07) is 9.30. The molecule has 1 atom stereocenters. The van der Waals surface area contributed by atoms with Crippen LogP contribution in [-0.2, 0) is 4.79 Å². The van der Waals surface area contributed by atoms with Gasteiger partial charge in [0, 0.05) is 12.0 Å². The topological polar surface area (TPSA) is 72.5 Å². The summed E-state index contributed by atoms with van der Waals surface area (Å²) < 4.78 is 11.2. The number of aryl methyl sites for hydroxylation is 1. The number of methoxy groups -OCH3 is 1. The average Bonchev–Trinajstić information content (AvgIpc) is 3.38.